The molecule has 100 valence electrons. The predicted molar refractivity (Wildman–Crippen MR) is 79.6 cm³/mol. The van der Waals surface area contributed by atoms with Gasteiger partial charge < -0.3 is 0 Å². The smallest absolute Gasteiger partial charge is 0.0378 e. The Labute approximate surface area is 112 Å². The Morgan fingerprint density at radius 3 is 2.61 bits per heavy atom. The van der Waals surface area contributed by atoms with Crippen LogP contribution >= 0.6 is 0 Å². The molecule has 0 bridgehead atoms. The number of allylic oxidation sites excluding steroid dienone is 2. The molecule has 1 saturated heterocycles. The van der Waals surface area contributed by atoms with Gasteiger partial charge in [-0.25, -0.2) is 0 Å². The second kappa shape index (κ2) is 6.38. The van der Waals surface area contributed by atoms with Gasteiger partial charge in [-0.05, 0) is 42.9 Å². The molecule has 1 aliphatic carbocycles. The van der Waals surface area contributed by atoms with Gasteiger partial charge in [0.1, 0.15) is 0 Å². The molecule has 1 unspecified atom stereocenters. The fourth-order valence-electron chi connectivity index (χ4n) is 3.67. The molecule has 2 fully saturated rings. The fourth-order valence-corrected chi connectivity index (χ4v) is 3.67. The van der Waals surface area contributed by atoms with E-state index in [0.29, 0.717) is 6.04 Å². The Balaban J connectivity index is 2.24. The van der Waals surface area contributed by atoms with Crippen LogP contribution in [-0.4, -0.2) is 24.0 Å². The highest BCUT2D eigenvalue weighted by Crippen LogP contribution is 2.37. The van der Waals surface area contributed by atoms with E-state index in [2.05, 4.69) is 31.1 Å². The van der Waals surface area contributed by atoms with Crippen molar-refractivity contribution in [2.24, 2.45) is 5.92 Å². The van der Waals surface area contributed by atoms with E-state index in [1.807, 2.05) is 6.08 Å². The zero-order chi connectivity index (χ0) is 13.0. The molecule has 1 saturated carbocycles. The first-order valence-corrected chi connectivity index (χ1v) is 7.52. The lowest BCUT2D eigenvalue weighted by Crippen LogP contribution is -2.46. The van der Waals surface area contributed by atoms with Crippen LogP contribution in [0.3, 0.4) is 0 Å². The molecule has 0 spiro atoms. The predicted octanol–water partition coefficient (Wildman–Crippen LogP) is 4.33. The van der Waals surface area contributed by atoms with Crippen LogP contribution in [0.25, 0.3) is 0 Å². The topological polar surface area (TPSA) is 3.24 Å². The van der Waals surface area contributed by atoms with Crippen LogP contribution < -0.4 is 0 Å². The number of rotatable bonds is 3. The van der Waals surface area contributed by atoms with Crippen molar-refractivity contribution in [2.75, 3.05) is 13.1 Å². The average molecular weight is 245 g/mol. The maximum Gasteiger partial charge on any atom is 0.0378 e. The van der Waals surface area contributed by atoms with E-state index in [1.54, 1.807) is 0 Å². The summed E-state index contributed by atoms with van der Waals surface area (Å²) in [6.45, 7) is 12.8. The Morgan fingerprint density at radius 2 is 2.00 bits per heavy atom. The molecule has 0 N–H and O–H groups in total. The Hall–Kier alpha value is -0.820. The van der Waals surface area contributed by atoms with E-state index in [-0.39, 0.29) is 0 Å². The molecule has 1 atom stereocenters. The first-order chi connectivity index (χ1) is 8.77. The molecule has 0 aromatic carbocycles. The molecule has 0 aromatic rings. The van der Waals surface area contributed by atoms with Crippen LogP contribution in [0, 0.1) is 5.92 Å². The summed E-state index contributed by atoms with van der Waals surface area (Å²) >= 11 is 0. The zero-order valence-corrected chi connectivity index (χ0v) is 11.8. The Kier molecular flexibility index (Phi) is 4.82. The van der Waals surface area contributed by atoms with Gasteiger partial charge in [0.05, 0.1) is 0 Å². The zero-order valence-electron chi connectivity index (χ0n) is 11.8. The number of hydrogen-bond acceptors (Lipinski definition) is 1. The fraction of sp³-hybridized carbons (Fsp3) is 0.647. The molecule has 0 radical (unpaired) electrons. The maximum absolute atomic E-state index is 4.29. The number of likely N-dealkylation sites (N-methyl/N-ethyl adjacent to an activating group) is 1. The van der Waals surface area contributed by atoms with E-state index in [1.165, 1.54) is 49.8 Å². The molecular formula is C17H27N. The highest BCUT2D eigenvalue weighted by molar-refractivity contribution is 5.38. The van der Waals surface area contributed by atoms with E-state index < -0.39 is 0 Å². The van der Waals surface area contributed by atoms with Crippen LogP contribution in [0.5, 0.6) is 0 Å². The standard InChI is InChI=1S/C17H27N/c1-4-9-16-14(3)12-13-18(5-2)17(16)15-10-7-6-8-11-15/h4,9,15,17H,1,3,5-8,10-13H2,2H3/b16-9+. The number of piperidine rings is 1. The lowest BCUT2D eigenvalue weighted by molar-refractivity contribution is 0.138. The summed E-state index contributed by atoms with van der Waals surface area (Å²) in [7, 11) is 0. The van der Waals surface area contributed by atoms with Gasteiger partial charge in [-0.1, -0.05) is 51.5 Å². The van der Waals surface area contributed by atoms with Crippen molar-refractivity contribution in [1.82, 2.24) is 4.90 Å². The molecule has 18 heavy (non-hydrogen) atoms. The van der Waals surface area contributed by atoms with Gasteiger partial charge in [0, 0.05) is 12.6 Å². The van der Waals surface area contributed by atoms with Gasteiger partial charge in [-0.15, -0.1) is 0 Å². The van der Waals surface area contributed by atoms with Gasteiger partial charge in [0.15, 0.2) is 0 Å². The molecule has 0 aromatic heterocycles. The summed E-state index contributed by atoms with van der Waals surface area (Å²) in [5.74, 6) is 0.835. The summed E-state index contributed by atoms with van der Waals surface area (Å²) < 4.78 is 0. The summed E-state index contributed by atoms with van der Waals surface area (Å²) in [5, 5.41) is 0. The number of nitrogens with zero attached hydrogens (tertiary/aromatic N) is 1. The van der Waals surface area contributed by atoms with Crippen LogP contribution in [0.1, 0.15) is 45.4 Å². The van der Waals surface area contributed by atoms with E-state index in [9.17, 15) is 0 Å². The van der Waals surface area contributed by atoms with Gasteiger partial charge in [-0.3, -0.25) is 4.90 Å². The van der Waals surface area contributed by atoms with Crippen molar-refractivity contribution >= 4 is 0 Å². The second-order valence-corrected chi connectivity index (χ2v) is 5.68. The van der Waals surface area contributed by atoms with Crippen molar-refractivity contribution in [2.45, 2.75) is 51.5 Å². The van der Waals surface area contributed by atoms with Crippen molar-refractivity contribution in [3.05, 3.63) is 36.5 Å². The molecule has 0 amide bonds. The molecule has 1 heterocycles. The maximum atomic E-state index is 4.29. The molecule has 1 nitrogen and oxygen atoms in total. The lowest BCUT2D eigenvalue weighted by atomic mass is 9.76. The quantitative estimate of drug-likeness (QED) is 0.715. The third kappa shape index (κ3) is 2.77. The first kappa shape index (κ1) is 13.6. The largest absolute Gasteiger partial charge is 0.296 e. The molecule has 1 heteroatoms. The Bertz CT molecular complexity index is 334. The van der Waals surface area contributed by atoms with Crippen LogP contribution in [0.15, 0.2) is 36.5 Å². The minimum atomic E-state index is 0.606. The second-order valence-electron chi connectivity index (χ2n) is 5.68. The molecule has 1 aliphatic heterocycles. The summed E-state index contributed by atoms with van der Waals surface area (Å²) in [4.78, 5) is 2.65. The van der Waals surface area contributed by atoms with E-state index in [4.69, 9.17) is 0 Å². The lowest BCUT2D eigenvalue weighted by Gasteiger charge is -2.44. The SMILES string of the molecule is C=C/C=C1\C(=C)CCN(CC)C1C1CCCCC1. The van der Waals surface area contributed by atoms with Crippen LogP contribution in [-0.2, 0) is 0 Å². The number of hydrogen-bond donors (Lipinski definition) is 0. The van der Waals surface area contributed by atoms with Crippen LogP contribution in [0.4, 0.5) is 0 Å². The summed E-state index contributed by atoms with van der Waals surface area (Å²) in [5.41, 5.74) is 2.81. The minimum absolute atomic E-state index is 0.606. The van der Waals surface area contributed by atoms with Gasteiger partial charge in [-0.2, -0.15) is 0 Å². The number of likely N-dealkylation sites (tertiary alicyclic amines) is 1. The van der Waals surface area contributed by atoms with Crippen molar-refractivity contribution < 1.29 is 0 Å². The van der Waals surface area contributed by atoms with Gasteiger partial charge in [0.25, 0.3) is 0 Å². The van der Waals surface area contributed by atoms with Crippen molar-refractivity contribution in [3.63, 3.8) is 0 Å². The molecular weight excluding hydrogens is 218 g/mol. The van der Waals surface area contributed by atoms with E-state index in [0.717, 1.165) is 18.9 Å². The monoisotopic (exact) mass is 245 g/mol. The highest BCUT2D eigenvalue weighted by Gasteiger charge is 2.34. The van der Waals surface area contributed by atoms with Crippen molar-refractivity contribution in [3.8, 4) is 0 Å². The summed E-state index contributed by atoms with van der Waals surface area (Å²) in [6, 6.07) is 0.606. The highest BCUT2D eigenvalue weighted by atomic mass is 15.2. The molecule has 2 aliphatic rings. The Morgan fingerprint density at radius 1 is 1.28 bits per heavy atom. The third-order valence-electron chi connectivity index (χ3n) is 4.62. The first-order valence-electron chi connectivity index (χ1n) is 7.52. The molecule has 2 rings (SSSR count). The van der Waals surface area contributed by atoms with Crippen LogP contribution in [0.2, 0.25) is 0 Å². The van der Waals surface area contributed by atoms with Crippen molar-refractivity contribution in [1.29, 1.82) is 0 Å². The minimum Gasteiger partial charge on any atom is -0.296 e. The average Bonchev–Trinajstić information content (AvgIpc) is 2.42. The van der Waals surface area contributed by atoms with E-state index >= 15 is 0 Å². The summed E-state index contributed by atoms with van der Waals surface area (Å²) in [6.07, 6.45) is 12.3. The third-order valence-corrected chi connectivity index (χ3v) is 4.62. The van der Waals surface area contributed by atoms with Gasteiger partial charge in [0.2, 0.25) is 0 Å². The normalized spacial score (nSPS) is 29.7. The van der Waals surface area contributed by atoms with Gasteiger partial charge >= 0.3 is 0 Å².